The molecular weight excluding hydrogens is 439 g/mol. The van der Waals surface area contributed by atoms with E-state index in [-0.39, 0.29) is 11.7 Å². The number of benzene rings is 1. The summed E-state index contributed by atoms with van der Waals surface area (Å²) in [6, 6.07) is 8.08. The number of rotatable bonds is 7. The van der Waals surface area contributed by atoms with E-state index in [0.29, 0.717) is 17.4 Å². The molecule has 3 aromatic rings. The number of aromatic nitrogens is 1. The summed E-state index contributed by atoms with van der Waals surface area (Å²) in [6.07, 6.45) is -4.48. The van der Waals surface area contributed by atoms with Gasteiger partial charge in [-0.15, -0.1) is 22.7 Å². The van der Waals surface area contributed by atoms with Crippen molar-refractivity contribution in [2.45, 2.75) is 19.6 Å². The minimum atomic E-state index is -4.48. The first-order valence-corrected chi connectivity index (χ1v) is 10.3. The summed E-state index contributed by atoms with van der Waals surface area (Å²) in [6.45, 7) is 1.43. The first kappa shape index (κ1) is 21.8. The van der Waals surface area contributed by atoms with Crippen molar-refractivity contribution in [2.75, 3.05) is 11.9 Å². The van der Waals surface area contributed by atoms with Crippen LogP contribution in [0.5, 0.6) is 5.75 Å². The lowest BCUT2D eigenvalue weighted by Gasteiger charge is -2.09. The Balaban J connectivity index is 1.55. The lowest BCUT2D eigenvalue weighted by Crippen LogP contribution is -2.20. The van der Waals surface area contributed by atoms with Crippen LogP contribution in [0.25, 0.3) is 10.6 Å². The number of hydrogen-bond acceptors (Lipinski definition) is 6. The van der Waals surface area contributed by atoms with Gasteiger partial charge in [0, 0.05) is 17.2 Å². The highest BCUT2D eigenvalue weighted by Crippen LogP contribution is 2.32. The summed E-state index contributed by atoms with van der Waals surface area (Å²) in [7, 11) is 0. The number of nitrogens with one attached hydrogen (secondary N) is 2. The maximum absolute atomic E-state index is 12.7. The molecule has 0 unspecified atom stereocenters. The minimum Gasteiger partial charge on any atom is -0.484 e. The summed E-state index contributed by atoms with van der Waals surface area (Å²) in [5.41, 5.74) is -0.174. The van der Waals surface area contributed by atoms with Gasteiger partial charge in [0.1, 0.15) is 5.75 Å². The molecular formula is C19H16F3N3O3S2. The molecule has 0 radical (unpaired) electrons. The van der Waals surface area contributed by atoms with Gasteiger partial charge in [-0.1, -0.05) is 6.07 Å². The van der Waals surface area contributed by atoms with E-state index >= 15 is 0 Å². The second-order valence-electron chi connectivity index (χ2n) is 6.08. The van der Waals surface area contributed by atoms with E-state index < -0.39 is 24.3 Å². The predicted octanol–water partition coefficient (Wildman–Crippen LogP) is 4.54. The zero-order chi connectivity index (χ0) is 21.7. The monoisotopic (exact) mass is 455 g/mol. The number of ether oxygens (including phenoxy) is 1. The third-order valence-corrected chi connectivity index (χ3v) is 5.57. The van der Waals surface area contributed by atoms with Crippen LogP contribution in [0, 0.1) is 0 Å². The van der Waals surface area contributed by atoms with Gasteiger partial charge in [-0.05, 0) is 30.3 Å². The molecule has 0 saturated carbocycles. The number of amides is 2. The van der Waals surface area contributed by atoms with Gasteiger partial charge in [-0.2, -0.15) is 13.2 Å². The highest BCUT2D eigenvalue weighted by atomic mass is 32.1. The zero-order valence-corrected chi connectivity index (χ0v) is 17.2. The van der Waals surface area contributed by atoms with Gasteiger partial charge in [-0.25, -0.2) is 4.98 Å². The van der Waals surface area contributed by atoms with Crippen LogP contribution in [-0.2, 0) is 22.3 Å². The number of carbonyl (C=O) groups is 2. The molecule has 0 aliphatic rings. The Morgan fingerprint density at radius 2 is 2.00 bits per heavy atom. The van der Waals surface area contributed by atoms with Crippen molar-refractivity contribution >= 4 is 39.6 Å². The molecule has 2 aromatic heterocycles. The van der Waals surface area contributed by atoms with Crippen molar-refractivity contribution < 1.29 is 27.5 Å². The number of nitrogens with zero attached hydrogens (tertiary/aromatic N) is 1. The SMILES string of the molecule is CC(=O)NCc1ccc(-c2csc(NC(=O)COc3cccc(C(F)(F)F)c3)n2)s1. The number of hydrogen-bond donors (Lipinski definition) is 2. The molecule has 0 fully saturated rings. The van der Waals surface area contributed by atoms with E-state index in [4.69, 9.17) is 4.74 Å². The van der Waals surface area contributed by atoms with E-state index in [1.54, 1.807) is 5.38 Å². The quantitative estimate of drug-likeness (QED) is 0.548. The number of halogens is 3. The summed E-state index contributed by atoms with van der Waals surface area (Å²) in [5, 5.41) is 7.40. The van der Waals surface area contributed by atoms with Gasteiger partial charge < -0.3 is 10.1 Å². The Bertz CT molecular complexity index is 1050. The molecule has 0 saturated heterocycles. The maximum atomic E-state index is 12.7. The van der Waals surface area contributed by atoms with Crippen molar-refractivity contribution in [3.05, 3.63) is 52.2 Å². The van der Waals surface area contributed by atoms with Crippen LogP contribution in [0.3, 0.4) is 0 Å². The molecule has 0 atom stereocenters. The molecule has 2 amide bonds. The van der Waals surface area contributed by atoms with Crippen LogP contribution in [-0.4, -0.2) is 23.4 Å². The summed E-state index contributed by atoms with van der Waals surface area (Å²) < 4.78 is 43.3. The van der Waals surface area contributed by atoms with Gasteiger partial charge >= 0.3 is 6.18 Å². The van der Waals surface area contributed by atoms with Crippen LogP contribution in [0.1, 0.15) is 17.4 Å². The normalized spacial score (nSPS) is 11.2. The number of thiazole rings is 1. The van der Waals surface area contributed by atoms with Gasteiger partial charge in [0.25, 0.3) is 5.91 Å². The fourth-order valence-electron chi connectivity index (χ4n) is 2.33. The van der Waals surface area contributed by atoms with E-state index in [1.165, 1.54) is 41.7 Å². The standard InChI is InChI=1S/C19H16F3N3O3S2/c1-11(26)23-8-14-5-6-16(30-14)15-10-29-18(24-15)25-17(27)9-28-13-4-2-3-12(7-13)19(20,21)22/h2-7,10H,8-9H2,1H3,(H,23,26)(H,24,25,27). The molecule has 6 nitrogen and oxygen atoms in total. The minimum absolute atomic E-state index is 0.0508. The molecule has 158 valence electrons. The Hall–Kier alpha value is -2.92. The number of carbonyl (C=O) groups excluding carboxylic acids is 2. The molecule has 11 heteroatoms. The van der Waals surface area contributed by atoms with Crippen LogP contribution >= 0.6 is 22.7 Å². The number of thiophene rings is 1. The van der Waals surface area contributed by atoms with Crippen molar-refractivity contribution in [2.24, 2.45) is 0 Å². The highest BCUT2D eigenvalue weighted by molar-refractivity contribution is 7.17. The Labute approximate surface area is 177 Å². The van der Waals surface area contributed by atoms with E-state index in [2.05, 4.69) is 15.6 Å². The molecule has 1 aromatic carbocycles. The maximum Gasteiger partial charge on any atom is 0.416 e. The fourth-order valence-corrected chi connectivity index (χ4v) is 4.04. The first-order valence-electron chi connectivity index (χ1n) is 8.59. The smallest absolute Gasteiger partial charge is 0.416 e. The van der Waals surface area contributed by atoms with Crippen LogP contribution in [0.4, 0.5) is 18.3 Å². The van der Waals surface area contributed by atoms with E-state index in [0.717, 1.165) is 21.9 Å². The Kier molecular flexibility index (Phi) is 6.73. The third-order valence-electron chi connectivity index (χ3n) is 3.71. The molecule has 2 N–H and O–H groups in total. The largest absolute Gasteiger partial charge is 0.484 e. The Morgan fingerprint density at radius 3 is 2.73 bits per heavy atom. The topological polar surface area (TPSA) is 80.3 Å². The van der Waals surface area contributed by atoms with Gasteiger partial charge in [0.2, 0.25) is 5.91 Å². The average Bonchev–Trinajstić information content (AvgIpc) is 3.33. The van der Waals surface area contributed by atoms with Crippen LogP contribution < -0.4 is 15.4 Å². The summed E-state index contributed by atoms with van der Waals surface area (Å²) in [4.78, 5) is 29.2. The molecule has 3 rings (SSSR count). The van der Waals surface area contributed by atoms with Crippen molar-refractivity contribution in [3.63, 3.8) is 0 Å². The first-order chi connectivity index (χ1) is 14.2. The van der Waals surface area contributed by atoms with Gasteiger partial charge in [-0.3, -0.25) is 14.9 Å². The van der Waals surface area contributed by atoms with E-state index in [9.17, 15) is 22.8 Å². The molecule has 30 heavy (non-hydrogen) atoms. The molecule has 0 spiro atoms. The predicted molar refractivity (Wildman–Crippen MR) is 109 cm³/mol. The number of anilines is 1. The summed E-state index contributed by atoms with van der Waals surface area (Å²) in [5.74, 6) is -0.702. The average molecular weight is 455 g/mol. The fraction of sp³-hybridized carbons (Fsp3) is 0.211. The van der Waals surface area contributed by atoms with Gasteiger partial charge in [0.05, 0.1) is 22.7 Å². The lowest BCUT2D eigenvalue weighted by molar-refractivity contribution is -0.137. The van der Waals surface area contributed by atoms with Crippen molar-refractivity contribution in [3.8, 4) is 16.3 Å². The second-order valence-corrected chi connectivity index (χ2v) is 8.10. The molecule has 0 bridgehead atoms. The van der Waals surface area contributed by atoms with E-state index in [1.807, 2.05) is 12.1 Å². The van der Waals surface area contributed by atoms with Gasteiger partial charge in [0.15, 0.2) is 11.7 Å². The van der Waals surface area contributed by atoms with Crippen molar-refractivity contribution in [1.82, 2.24) is 10.3 Å². The van der Waals surface area contributed by atoms with Crippen LogP contribution in [0.15, 0.2) is 41.8 Å². The molecule has 0 aliphatic carbocycles. The zero-order valence-electron chi connectivity index (χ0n) is 15.6. The number of alkyl halides is 3. The lowest BCUT2D eigenvalue weighted by atomic mass is 10.2. The van der Waals surface area contributed by atoms with Crippen molar-refractivity contribution in [1.29, 1.82) is 0 Å². The summed E-state index contributed by atoms with van der Waals surface area (Å²) >= 11 is 2.69. The highest BCUT2D eigenvalue weighted by Gasteiger charge is 2.30. The third kappa shape index (κ3) is 6.04. The molecule has 0 aliphatic heterocycles. The Morgan fingerprint density at radius 1 is 1.20 bits per heavy atom. The molecule has 2 heterocycles. The second kappa shape index (κ2) is 9.26. The van der Waals surface area contributed by atoms with Crippen LogP contribution in [0.2, 0.25) is 0 Å².